The van der Waals surface area contributed by atoms with Gasteiger partial charge < -0.3 is 0 Å². The first-order chi connectivity index (χ1) is 10.6. The van der Waals surface area contributed by atoms with Gasteiger partial charge in [0.15, 0.2) is 0 Å². The molecule has 1 aromatic carbocycles. The molecule has 22 heavy (non-hydrogen) atoms. The minimum Gasteiger partial charge on any atom is -0.287 e. The molecule has 1 aromatic heterocycles. The van der Waals surface area contributed by atoms with Crippen LogP contribution in [0.3, 0.4) is 0 Å². The Morgan fingerprint density at radius 3 is 2.64 bits per heavy atom. The van der Waals surface area contributed by atoms with E-state index in [2.05, 4.69) is 10.9 Å². The van der Waals surface area contributed by atoms with Crippen molar-refractivity contribution in [1.29, 1.82) is 5.26 Å². The highest BCUT2D eigenvalue weighted by atomic mass is 19.1. The van der Waals surface area contributed by atoms with E-state index in [9.17, 15) is 9.18 Å². The zero-order valence-corrected chi connectivity index (χ0v) is 12.0. The Hall–Kier alpha value is -2.72. The second-order valence-electron chi connectivity index (χ2n) is 4.63. The van der Waals surface area contributed by atoms with Crippen LogP contribution in [0.5, 0.6) is 0 Å². The smallest absolute Gasteiger partial charge is 0.287 e. The molecule has 1 amide bonds. The molecule has 1 heterocycles. The Labute approximate surface area is 128 Å². The largest absolute Gasteiger partial charge is 0.671 e. The summed E-state index contributed by atoms with van der Waals surface area (Å²) in [6, 6.07) is 9.17. The van der Waals surface area contributed by atoms with Crippen LogP contribution in [0.4, 0.5) is 4.39 Å². The fourth-order valence-electron chi connectivity index (χ4n) is 1.89. The van der Waals surface area contributed by atoms with Crippen molar-refractivity contribution in [2.45, 2.75) is 13.0 Å². The van der Waals surface area contributed by atoms with Crippen LogP contribution in [0.2, 0.25) is 0 Å². The molecule has 1 radical (unpaired) electrons. The van der Waals surface area contributed by atoms with E-state index in [0.717, 1.165) is 0 Å². The number of hydrogen-bond donors (Lipinski definition) is 2. The number of hydrazine groups is 1. The van der Waals surface area contributed by atoms with E-state index in [1.807, 2.05) is 5.97 Å². The first kappa shape index (κ1) is 15.7. The van der Waals surface area contributed by atoms with E-state index in [1.54, 1.807) is 49.6 Å². The number of pyridine rings is 1. The number of rotatable bonds is 5. The van der Waals surface area contributed by atoms with Crippen molar-refractivity contribution in [2.75, 3.05) is 0 Å². The minimum absolute atomic E-state index is 0.329. The summed E-state index contributed by atoms with van der Waals surface area (Å²) in [6.45, 7) is 1.75. The summed E-state index contributed by atoms with van der Waals surface area (Å²) in [7, 11) is 1.31. The molecule has 0 fully saturated rings. The Kier molecular flexibility index (Phi) is 5.23. The van der Waals surface area contributed by atoms with Gasteiger partial charge in [-0.1, -0.05) is 18.2 Å². The van der Waals surface area contributed by atoms with Crippen LogP contribution >= 0.6 is 0 Å². The van der Waals surface area contributed by atoms with Crippen molar-refractivity contribution in [3.63, 3.8) is 0 Å². The van der Waals surface area contributed by atoms with Gasteiger partial charge >= 0.3 is 7.41 Å². The van der Waals surface area contributed by atoms with Crippen LogP contribution in [0.1, 0.15) is 28.9 Å². The standard InChI is InChI=1S/C15H14BFN4O/c1-11(13-4-2-3-5-14(13)17)19-20-15(22)12-6-8-21(9-7-12)16-10-18/h2-9,11,19H,1H3,(H,20,22)/q+1. The summed E-state index contributed by atoms with van der Waals surface area (Å²) in [4.78, 5) is 12.0. The van der Waals surface area contributed by atoms with Gasteiger partial charge in [-0.15, -0.1) is 0 Å². The van der Waals surface area contributed by atoms with E-state index < -0.39 is 0 Å². The van der Waals surface area contributed by atoms with Crippen molar-refractivity contribution in [3.8, 4) is 5.97 Å². The van der Waals surface area contributed by atoms with Gasteiger partial charge in [-0.3, -0.25) is 14.7 Å². The van der Waals surface area contributed by atoms with Crippen LogP contribution in [-0.2, 0) is 0 Å². The van der Waals surface area contributed by atoms with E-state index >= 15 is 0 Å². The Bertz CT molecular complexity index is 699. The van der Waals surface area contributed by atoms with Gasteiger partial charge in [0.2, 0.25) is 0 Å². The third kappa shape index (κ3) is 3.90. The fourth-order valence-corrected chi connectivity index (χ4v) is 1.89. The van der Waals surface area contributed by atoms with E-state index in [1.165, 1.54) is 18.0 Å². The molecule has 2 N–H and O–H groups in total. The first-order valence-corrected chi connectivity index (χ1v) is 6.66. The molecule has 1 atom stereocenters. The lowest BCUT2D eigenvalue weighted by atomic mass is 9.98. The quantitative estimate of drug-likeness (QED) is 0.640. The summed E-state index contributed by atoms with van der Waals surface area (Å²) in [5, 5.41) is 8.53. The average Bonchev–Trinajstić information content (AvgIpc) is 2.54. The molecule has 7 heteroatoms. The van der Waals surface area contributed by atoms with Crippen molar-refractivity contribution < 1.29 is 13.7 Å². The van der Waals surface area contributed by atoms with Gasteiger partial charge in [-0.2, -0.15) is 0 Å². The van der Waals surface area contributed by atoms with E-state index in [-0.39, 0.29) is 17.8 Å². The monoisotopic (exact) mass is 296 g/mol. The molecule has 0 bridgehead atoms. The predicted molar refractivity (Wildman–Crippen MR) is 78.8 cm³/mol. The number of amides is 1. The fraction of sp³-hybridized carbons (Fsp3) is 0.133. The van der Waals surface area contributed by atoms with Crippen molar-refractivity contribution >= 4 is 13.3 Å². The number of aromatic nitrogens is 1. The summed E-state index contributed by atoms with van der Waals surface area (Å²) < 4.78 is 15.2. The lowest BCUT2D eigenvalue weighted by Gasteiger charge is -2.15. The van der Waals surface area contributed by atoms with Crippen molar-refractivity contribution in [3.05, 3.63) is 65.7 Å². The molecule has 0 spiro atoms. The molecule has 109 valence electrons. The van der Waals surface area contributed by atoms with Crippen LogP contribution in [0.15, 0.2) is 48.8 Å². The predicted octanol–water partition coefficient (Wildman–Crippen LogP) is 1.06. The number of nitrogens with zero attached hydrogens (tertiary/aromatic N) is 2. The molecule has 2 aromatic rings. The molecule has 0 aliphatic carbocycles. The third-order valence-corrected chi connectivity index (χ3v) is 3.10. The zero-order valence-electron chi connectivity index (χ0n) is 12.0. The molecule has 5 nitrogen and oxygen atoms in total. The van der Waals surface area contributed by atoms with Crippen molar-refractivity contribution in [1.82, 2.24) is 10.9 Å². The molecule has 2 rings (SSSR count). The average molecular weight is 296 g/mol. The maximum absolute atomic E-state index is 13.6. The summed E-state index contributed by atoms with van der Waals surface area (Å²) in [6.07, 6.45) is 3.19. The van der Waals surface area contributed by atoms with Crippen LogP contribution in [-0.4, -0.2) is 13.3 Å². The molecule has 0 aliphatic rings. The number of hydrogen-bond acceptors (Lipinski definition) is 3. The van der Waals surface area contributed by atoms with Gasteiger partial charge in [-0.05, 0) is 13.0 Å². The van der Waals surface area contributed by atoms with Crippen LogP contribution in [0, 0.1) is 17.0 Å². The van der Waals surface area contributed by atoms with E-state index in [0.29, 0.717) is 11.1 Å². The molecule has 0 saturated heterocycles. The first-order valence-electron chi connectivity index (χ1n) is 6.66. The van der Waals surface area contributed by atoms with Gasteiger partial charge in [0.05, 0.1) is 11.6 Å². The normalized spacial score (nSPS) is 11.3. The SMILES string of the molecule is CC(NNC(=O)c1cc[n+]([B]C#N)cc1)c1ccccc1F. The topological polar surface area (TPSA) is 68.8 Å². The van der Waals surface area contributed by atoms with E-state index in [4.69, 9.17) is 5.26 Å². The number of carbonyl (C=O) groups excluding carboxylic acids is 1. The minimum atomic E-state index is -0.370. The number of halogens is 1. The maximum Gasteiger partial charge on any atom is 0.671 e. The highest BCUT2D eigenvalue weighted by Gasteiger charge is 2.13. The second kappa shape index (κ2) is 7.34. The third-order valence-electron chi connectivity index (χ3n) is 3.10. The molecule has 0 aliphatic heterocycles. The Morgan fingerprint density at radius 2 is 2.00 bits per heavy atom. The molecular weight excluding hydrogens is 282 g/mol. The maximum atomic E-state index is 13.6. The van der Waals surface area contributed by atoms with Crippen LogP contribution in [0.25, 0.3) is 0 Å². The number of benzene rings is 1. The van der Waals surface area contributed by atoms with Crippen LogP contribution < -0.4 is 15.3 Å². The molecular formula is C15H14BFN4O+. The highest BCUT2D eigenvalue weighted by molar-refractivity contribution is 6.35. The molecule has 1 unspecified atom stereocenters. The van der Waals surface area contributed by atoms with Gasteiger partial charge in [0, 0.05) is 17.7 Å². The summed E-state index contributed by atoms with van der Waals surface area (Å²) in [5.74, 6) is 1.22. The van der Waals surface area contributed by atoms with Crippen molar-refractivity contribution in [2.24, 2.45) is 0 Å². The van der Waals surface area contributed by atoms with Gasteiger partial charge in [-0.25, -0.2) is 15.1 Å². The zero-order chi connectivity index (χ0) is 15.9. The Morgan fingerprint density at radius 1 is 1.32 bits per heavy atom. The summed E-state index contributed by atoms with van der Waals surface area (Å²) >= 11 is 0. The number of nitriles is 1. The van der Waals surface area contributed by atoms with Gasteiger partial charge in [0.1, 0.15) is 24.2 Å². The highest BCUT2D eigenvalue weighted by Crippen LogP contribution is 2.15. The molecule has 0 saturated carbocycles. The lowest BCUT2D eigenvalue weighted by Crippen LogP contribution is -2.41. The number of nitrogens with one attached hydrogen (secondary N) is 2. The summed E-state index contributed by atoms with van der Waals surface area (Å²) in [5.41, 5.74) is 6.20. The lowest BCUT2D eigenvalue weighted by molar-refractivity contribution is -0.527. The Balaban J connectivity index is 1.95. The number of carbonyl (C=O) groups is 1. The second-order valence-corrected chi connectivity index (χ2v) is 4.63. The van der Waals surface area contributed by atoms with Gasteiger partial charge in [0.25, 0.3) is 5.91 Å².